The zero-order valence-corrected chi connectivity index (χ0v) is 8.99. The summed E-state index contributed by atoms with van der Waals surface area (Å²) in [5.74, 6) is -0.851. The molecule has 0 fully saturated rings. The Morgan fingerprint density at radius 2 is 1.94 bits per heavy atom. The van der Waals surface area contributed by atoms with Crippen molar-refractivity contribution in [3.05, 3.63) is 41.7 Å². The molecule has 0 aliphatic rings. The standard InChI is InChI=1S/C12H11F2NO2/c13-9-4-1-5-10(14)12(9)11-7-8(17-15-11)3-2-6-16/h1,4-5,7,16H,2-3,6H2. The van der Waals surface area contributed by atoms with Crippen LogP contribution in [0.1, 0.15) is 12.2 Å². The van der Waals surface area contributed by atoms with Crippen molar-refractivity contribution in [2.24, 2.45) is 0 Å². The van der Waals surface area contributed by atoms with E-state index in [2.05, 4.69) is 5.16 Å². The second kappa shape index (κ2) is 5.05. The third-order valence-electron chi connectivity index (χ3n) is 2.36. The monoisotopic (exact) mass is 239 g/mol. The normalized spacial score (nSPS) is 10.8. The van der Waals surface area contributed by atoms with Gasteiger partial charge in [0.25, 0.3) is 0 Å². The fourth-order valence-corrected chi connectivity index (χ4v) is 1.54. The fraction of sp³-hybridized carbons (Fsp3) is 0.250. The van der Waals surface area contributed by atoms with E-state index in [1.165, 1.54) is 24.3 Å². The van der Waals surface area contributed by atoms with Gasteiger partial charge in [-0.3, -0.25) is 0 Å². The first-order valence-corrected chi connectivity index (χ1v) is 5.23. The van der Waals surface area contributed by atoms with Gasteiger partial charge >= 0.3 is 0 Å². The van der Waals surface area contributed by atoms with Crippen LogP contribution in [0.2, 0.25) is 0 Å². The number of aliphatic hydroxyl groups is 1. The van der Waals surface area contributed by atoms with Gasteiger partial charge in [-0.1, -0.05) is 11.2 Å². The summed E-state index contributed by atoms with van der Waals surface area (Å²) >= 11 is 0. The van der Waals surface area contributed by atoms with Gasteiger partial charge in [0.2, 0.25) is 0 Å². The highest BCUT2D eigenvalue weighted by atomic mass is 19.1. The summed E-state index contributed by atoms with van der Waals surface area (Å²) in [5.41, 5.74) is -0.0555. The van der Waals surface area contributed by atoms with Gasteiger partial charge in [-0.05, 0) is 18.6 Å². The van der Waals surface area contributed by atoms with Crippen molar-refractivity contribution < 1.29 is 18.4 Å². The third kappa shape index (κ3) is 2.50. The summed E-state index contributed by atoms with van der Waals surface area (Å²) in [6.07, 6.45) is 1.01. The summed E-state index contributed by atoms with van der Waals surface area (Å²) in [7, 11) is 0. The number of benzene rings is 1. The van der Waals surface area contributed by atoms with Crippen LogP contribution < -0.4 is 0 Å². The molecule has 1 N–H and O–H groups in total. The minimum atomic E-state index is -0.674. The molecule has 1 heterocycles. The van der Waals surface area contributed by atoms with Crippen LogP contribution in [-0.2, 0) is 6.42 Å². The zero-order valence-electron chi connectivity index (χ0n) is 8.99. The van der Waals surface area contributed by atoms with Crippen LogP contribution in [0.25, 0.3) is 11.3 Å². The van der Waals surface area contributed by atoms with E-state index in [0.717, 1.165) is 0 Å². The maximum absolute atomic E-state index is 13.4. The number of hydrogen-bond donors (Lipinski definition) is 1. The molecule has 0 aliphatic carbocycles. The smallest absolute Gasteiger partial charge is 0.137 e. The summed E-state index contributed by atoms with van der Waals surface area (Å²) in [4.78, 5) is 0. The van der Waals surface area contributed by atoms with Crippen molar-refractivity contribution >= 4 is 0 Å². The molecule has 0 unspecified atom stereocenters. The molecule has 0 saturated heterocycles. The molecule has 0 amide bonds. The minimum Gasteiger partial charge on any atom is -0.396 e. The van der Waals surface area contributed by atoms with Crippen LogP contribution >= 0.6 is 0 Å². The number of rotatable bonds is 4. The Kier molecular flexibility index (Phi) is 3.49. The van der Waals surface area contributed by atoms with E-state index < -0.39 is 11.6 Å². The molecule has 0 bridgehead atoms. The lowest BCUT2D eigenvalue weighted by atomic mass is 10.1. The molecule has 0 atom stereocenters. The molecule has 5 heteroatoms. The number of nitrogens with zero attached hydrogens (tertiary/aromatic N) is 1. The van der Waals surface area contributed by atoms with Crippen molar-refractivity contribution in [1.29, 1.82) is 0 Å². The molecule has 0 aliphatic heterocycles. The van der Waals surface area contributed by atoms with Gasteiger partial charge in [0, 0.05) is 19.1 Å². The first kappa shape index (κ1) is 11.7. The van der Waals surface area contributed by atoms with E-state index in [1.807, 2.05) is 0 Å². The second-order valence-electron chi connectivity index (χ2n) is 3.60. The predicted molar refractivity (Wildman–Crippen MR) is 57.3 cm³/mol. The third-order valence-corrected chi connectivity index (χ3v) is 2.36. The molecule has 2 aromatic rings. The highest BCUT2D eigenvalue weighted by Crippen LogP contribution is 2.25. The van der Waals surface area contributed by atoms with Crippen LogP contribution in [-0.4, -0.2) is 16.9 Å². The van der Waals surface area contributed by atoms with Crippen LogP contribution in [0.15, 0.2) is 28.8 Å². The molecule has 17 heavy (non-hydrogen) atoms. The molecule has 2 rings (SSSR count). The summed E-state index contributed by atoms with van der Waals surface area (Å²) < 4.78 is 31.8. The maximum atomic E-state index is 13.4. The van der Waals surface area contributed by atoms with Crippen molar-refractivity contribution in [2.45, 2.75) is 12.8 Å². The van der Waals surface area contributed by atoms with Crippen molar-refractivity contribution in [1.82, 2.24) is 5.16 Å². The van der Waals surface area contributed by atoms with Gasteiger partial charge in [-0.25, -0.2) is 8.78 Å². The molecular weight excluding hydrogens is 228 g/mol. The Morgan fingerprint density at radius 3 is 2.59 bits per heavy atom. The molecule has 0 spiro atoms. The molecule has 3 nitrogen and oxygen atoms in total. The predicted octanol–water partition coefficient (Wildman–Crippen LogP) is 2.54. The van der Waals surface area contributed by atoms with E-state index in [4.69, 9.17) is 9.63 Å². The highest BCUT2D eigenvalue weighted by Gasteiger charge is 2.15. The lowest BCUT2D eigenvalue weighted by molar-refractivity contribution is 0.280. The molecular formula is C12H11F2NO2. The van der Waals surface area contributed by atoms with Crippen LogP contribution in [0.3, 0.4) is 0 Å². The van der Waals surface area contributed by atoms with Gasteiger partial charge in [-0.15, -0.1) is 0 Å². The Bertz CT molecular complexity index is 491. The van der Waals surface area contributed by atoms with Gasteiger partial charge in [-0.2, -0.15) is 0 Å². The summed E-state index contributed by atoms with van der Waals surface area (Å²) in [6, 6.07) is 5.11. The first-order chi connectivity index (χ1) is 8.22. The Hall–Kier alpha value is -1.75. The highest BCUT2D eigenvalue weighted by molar-refractivity contribution is 5.60. The topological polar surface area (TPSA) is 46.3 Å². The lowest BCUT2D eigenvalue weighted by Gasteiger charge is -1.98. The van der Waals surface area contributed by atoms with Crippen LogP contribution in [0, 0.1) is 11.6 Å². The number of halogens is 2. The van der Waals surface area contributed by atoms with Crippen LogP contribution in [0.5, 0.6) is 0 Å². The quantitative estimate of drug-likeness (QED) is 0.891. The number of aromatic nitrogens is 1. The van der Waals surface area contributed by atoms with Crippen molar-refractivity contribution in [3.8, 4) is 11.3 Å². The SMILES string of the molecule is OCCCc1cc(-c2c(F)cccc2F)no1. The van der Waals surface area contributed by atoms with Crippen molar-refractivity contribution in [2.75, 3.05) is 6.61 Å². The minimum absolute atomic E-state index is 0.0318. The fourth-order valence-electron chi connectivity index (χ4n) is 1.54. The van der Waals surface area contributed by atoms with Gasteiger partial charge in [0.05, 0.1) is 5.56 Å². The van der Waals surface area contributed by atoms with Gasteiger partial charge in [0.1, 0.15) is 23.1 Å². The number of hydrogen-bond acceptors (Lipinski definition) is 3. The van der Waals surface area contributed by atoms with E-state index >= 15 is 0 Å². The second-order valence-corrected chi connectivity index (χ2v) is 3.60. The number of aliphatic hydroxyl groups excluding tert-OH is 1. The molecule has 0 radical (unpaired) electrons. The Balaban J connectivity index is 2.30. The Morgan fingerprint density at radius 1 is 1.24 bits per heavy atom. The zero-order chi connectivity index (χ0) is 12.3. The largest absolute Gasteiger partial charge is 0.396 e. The summed E-state index contributed by atoms with van der Waals surface area (Å²) in [6.45, 7) is 0.0318. The Labute approximate surface area is 96.7 Å². The van der Waals surface area contributed by atoms with E-state index in [9.17, 15) is 8.78 Å². The maximum Gasteiger partial charge on any atom is 0.137 e. The molecule has 1 aromatic heterocycles. The van der Waals surface area contributed by atoms with Crippen molar-refractivity contribution in [3.63, 3.8) is 0 Å². The van der Waals surface area contributed by atoms with Gasteiger partial charge < -0.3 is 9.63 Å². The lowest BCUT2D eigenvalue weighted by Crippen LogP contribution is -1.89. The molecule has 90 valence electrons. The van der Waals surface area contributed by atoms with Crippen LogP contribution in [0.4, 0.5) is 8.78 Å². The number of aryl methyl sites for hydroxylation is 1. The molecule has 1 aromatic carbocycles. The first-order valence-electron chi connectivity index (χ1n) is 5.23. The van der Waals surface area contributed by atoms with Gasteiger partial charge in [0.15, 0.2) is 0 Å². The average molecular weight is 239 g/mol. The van der Waals surface area contributed by atoms with E-state index in [-0.39, 0.29) is 17.9 Å². The van der Waals surface area contributed by atoms with E-state index in [0.29, 0.717) is 18.6 Å². The van der Waals surface area contributed by atoms with E-state index in [1.54, 1.807) is 0 Å². The molecule has 0 saturated carbocycles. The average Bonchev–Trinajstić information content (AvgIpc) is 2.75. The summed E-state index contributed by atoms with van der Waals surface area (Å²) in [5, 5.41) is 12.3.